The molecule has 4 heteroatoms. The molecule has 0 aliphatic heterocycles. The van der Waals surface area contributed by atoms with Gasteiger partial charge in [0.2, 0.25) is 0 Å². The SMILES string of the molecule is CCCNC(CC(C)(C)C)C(F)(F)F. The van der Waals surface area contributed by atoms with Gasteiger partial charge in [0.15, 0.2) is 0 Å². The molecule has 0 amide bonds. The molecule has 0 bridgehead atoms. The van der Waals surface area contributed by atoms with Gasteiger partial charge in [0, 0.05) is 0 Å². The molecule has 0 radical (unpaired) electrons. The van der Waals surface area contributed by atoms with Gasteiger partial charge in [-0.05, 0) is 24.8 Å². The smallest absolute Gasteiger partial charge is 0.306 e. The Morgan fingerprint density at radius 1 is 1.14 bits per heavy atom. The van der Waals surface area contributed by atoms with E-state index in [1.165, 1.54) is 0 Å². The zero-order valence-electron chi connectivity index (χ0n) is 9.33. The number of nitrogens with one attached hydrogen (secondary N) is 1. The second-order valence-electron chi connectivity index (χ2n) is 4.81. The highest BCUT2D eigenvalue weighted by Crippen LogP contribution is 2.30. The van der Waals surface area contributed by atoms with Crippen molar-refractivity contribution in [1.82, 2.24) is 5.32 Å². The van der Waals surface area contributed by atoms with Crippen LogP contribution in [0.5, 0.6) is 0 Å². The van der Waals surface area contributed by atoms with Crippen LogP contribution in [-0.2, 0) is 0 Å². The zero-order chi connectivity index (χ0) is 11.4. The van der Waals surface area contributed by atoms with Crippen LogP contribution in [-0.4, -0.2) is 18.8 Å². The van der Waals surface area contributed by atoms with Crippen LogP contribution in [0, 0.1) is 5.41 Å². The maximum Gasteiger partial charge on any atom is 0.403 e. The Kier molecular flexibility index (Phi) is 4.92. The molecular formula is C10H20F3N. The van der Waals surface area contributed by atoms with E-state index in [0.29, 0.717) is 6.54 Å². The van der Waals surface area contributed by atoms with Gasteiger partial charge in [-0.2, -0.15) is 13.2 Å². The largest absolute Gasteiger partial charge is 0.403 e. The molecule has 0 aromatic rings. The van der Waals surface area contributed by atoms with E-state index in [1.54, 1.807) is 0 Å². The third-order valence-electron chi connectivity index (χ3n) is 1.85. The van der Waals surface area contributed by atoms with Gasteiger partial charge in [-0.1, -0.05) is 27.7 Å². The second kappa shape index (κ2) is 5.01. The summed E-state index contributed by atoms with van der Waals surface area (Å²) in [4.78, 5) is 0. The zero-order valence-corrected chi connectivity index (χ0v) is 9.33. The number of rotatable bonds is 4. The Hall–Kier alpha value is -0.250. The Bertz CT molecular complexity index is 158. The highest BCUT2D eigenvalue weighted by atomic mass is 19.4. The molecule has 0 aromatic carbocycles. The van der Waals surface area contributed by atoms with E-state index in [9.17, 15) is 13.2 Å². The number of hydrogen-bond acceptors (Lipinski definition) is 1. The van der Waals surface area contributed by atoms with E-state index >= 15 is 0 Å². The molecule has 0 aromatic heterocycles. The standard InChI is InChI=1S/C10H20F3N/c1-5-6-14-8(10(11,12)13)7-9(2,3)4/h8,14H,5-7H2,1-4H3. The minimum Gasteiger partial charge on any atom is -0.306 e. The molecular weight excluding hydrogens is 191 g/mol. The first-order valence-electron chi connectivity index (χ1n) is 4.97. The maximum absolute atomic E-state index is 12.5. The molecule has 0 saturated carbocycles. The molecule has 0 saturated heterocycles. The van der Waals surface area contributed by atoms with Gasteiger partial charge in [-0.15, -0.1) is 0 Å². The summed E-state index contributed by atoms with van der Waals surface area (Å²) in [5, 5.41) is 2.54. The van der Waals surface area contributed by atoms with Crippen molar-refractivity contribution < 1.29 is 13.2 Å². The van der Waals surface area contributed by atoms with E-state index in [0.717, 1.165) is 6.42 Å². The van der Waals surface area contributed by atoms with Gasteiger partial charge in [0.1, 0.15) is 6.04 Å². The summed E-state index contributed by atoms with van der Waals surface area (Å²) < 4.78 is 37.5. The van der Waals surface area contributed by atoms with Crippen molar-refractivity contribution in [2.45, 2.75) is 52.8 Å². The van der Waals surface area contributed by atoms with E-state index < -0.39 is 12.2 Å². The van der Waals surface area contributed by atoms with E-state index in [-0.39, 0.29) is 11.8 Å². The fourth-order valence-electron chi connectivity index (χ4n) is 1.23. The average molecular weight is 211 g/mol. The molecule has 0 heterocycles. The predicted molar refractivity (Wildman–Crippen MR) is 52.2 cm³/mol. The summed E-state index contributed by atoms with van der Waals surface area (Å²) in [5.41, 5.74) is -0.305. The van der Waals surface area contributed by atoms with Gasteiger partial charge in [0.25, 0.3) is 0 Å². The van der Waals surface area contributed by atoms with Gasteiger partial charge < -0.3 is 5.32 Å². The first kappa shape index (κ1) is 13.8. The molecule has 86 valence electrons. The lowest BCUT2D eigenvalue weighted by Gasteiger charge is -2.28. The molecule has 14 heavy (non-hydrogen) atoms. The minimum atomic E-state index is -4.14. The minimum absolute atomic E-state index is 0.122. The second-order valence-corrected chi connectivity index (χ2v) is 4.81. The van der Waals surface area contributed by atoms with Crippen LogP contribution in [0.15, 0.2) is 0 Å². The molecule has 0 aliphatic carbocycles. The van der Waals surface area contributed by atoms with Crippen molar-refractivity contribution in [3.63, 3.8) is 0 Å². The highest BCUT2D eigenvalue weighted by molar-refractivity contribution is 4.80. The van der Waals surface area contributed by atoms with Crippen LogP contribution >= 0.6 is 0 Å². The van der Waals surface area contributed by atoms with Crippen molar-refractivity contribution in [1.29, 1.82) is 0 Å². The summed E-state index contributed by atoms with van der Waals surface area (Å²) in [7, 11) is 0. The molecule has 0 fully saturated rings. The van der Waals surface area contributed by atoms with E-state index in [4.69, 9.17) is 0 Å². The van der Waals surface area contributed by atoms with Crippen LogP contribution < -0.4 is 5.32 Å². The van der Waals surface area contributed by atoms with Gasteiger partial charge in [0.05, 0.1) is 0 Å². The van der Waals surface area contributed by atoms with E-state index in [2.05, 4.69) is 5.32 Å². The summed E-state index contributed by atoms with van der Waals surface area (Å²) in [6.45, 7) is 7.73. The van der Waals surface area contributed by atoms with Gasteiger partial charge >= 0.3 is 6.18 Å². The van der Waals surface area contributed by atoms with Crippen LogP contribution in [0.3, 0.4) is 0 Å². The normalized spacial score (nSPS) is 15.6. The van der Waals surface area contributed by atoms with Crippen molar-refractivity contribution in [2.75, 3.05) is 6.54 Å². The fourth-order valence-corrected chi connectivity index (χ4v) is 1.23. The van der Waals surface area contributed by atoms with Crippen LogP contribution in [0.25, 0.3) is 0 Å². The Labute approximate surface area is 84.1 Å². The number of hydrogen-bond donors (Lipinski definition) is 1. The van der Waals surface area contributed by atoms with Crippen LogP contribution in [0.2, 0.25) is 0 Å². The van der Waals surface area contributed by atoms with Crippen molar-refractivity contribution >= 4 is 0 Å². The summed E-state index contributed by atoms with van der Waals surface area (Å²) in [6, 6.07) is -1.37. The summed E-state index contributed by atoms with van der Waals surface area (Å²) in [6.07, 6.45) is -3.30. The Morgan fingerprint density at radius 3 is 1.93 bits per heavy atom. The molecule has 0 rings (SSSR count). The van der Waals surface area contributed by atoms with Crippen molar-refractivity contribution in [3.8, 4) is 0 Å². The van der Waals surface area contributed by atoms with Gasteiger partial charge in [-0.25, -0.2) is 0 Å². The maximum atomic E-state index is 12.5. The topological polar surface area (TPSA) is 12.0 Å². The average Bonchev–Trinajstić information content (AvgIpc) is 1.93. The highest BCUT2D eigenvalue weighted by Gasteiger charge is 2.40. The van der Waals surface area contributed by atoms with Crippen molar-refractivity contribution in [3.05, 3.63) is 0 Å². The van der Waals surface area contributed by atoms with Crippen LogP contribution in [0.1, 0.15) is 40.5 Å². The number of halogens is 3. The summed E-state index contributed by atoms with van der Waals surface area (Å²) >= 11 is 0. The third kappa shape index (κ3) is 6.24. The third-order valence-corrected chi connectivity index (χ3v) is 1.85. The summed E-state index contributed by atoms with van der Waals surface area (Å²) in [5.74, 6) is 0. The predicted octanol–water partition coefficient (Wildman–Crippen LogP) is 3.35. The lowest BCUT2D eigenvalue weighted by molar-refractivity contribution is -0.162. The molecule has 1 nitrogen and oxygen atoms in total. The molecule has 1 N–H and O–H groups in total. The fraction of sp³-hybridized carbons (Fsp3) is 1.00. The monoisotopic (exact) mass is 211 g/mol. The lowest BCUT2D eigenvalue weighted by atomic mass is 9.88. The number of alkyl halides is 3. The van der Waals surface area contributed by atoms with Crippen LogP contribution in [0.4, 0.5) is 13.2 Å². The Balaban J connectivity index is 4.26. The Morgan fingerprint density at radius 2 is 1.64 bits per heavy atom. The van der Waals surface area contributed by atoms with E-state index in [1.807, 2.05) is 27.7 Å². The van der Waals surface area contributed by atoms with Gasteiger partial charge in [-0.3, -0.25) is 0 Å². The molecule has 1 unspecified atom stereocenters. The first-order valence-corrected chi connectivity index (χ1v) is 4.97. The first-order chi connectivity index (χ1) is 6.17. The quantitative estimate of drug-likeness (QED) is 0.752. The molecule has 1 atom stereocenters. The van der Waals surface area contributed by atoms with Crippen molar-refractivity contribution in [2.24, 2.45) is 5.41 Å². The molecule has 0 aliphatic rings. The lowest BCUT2D eigenvalue weighted by Crippen LogP contribution is -2.44. The molecule has 0 spiro atoms.